The minimum Gasteiger partial charge on any atom is -0.342 e. The van der Waals surface area contributed by atoms with E-state index in [9.17, 15) is 4.79 Å². The number of nitrogens with two attached hydrogens (primary N) is 1. The summed E-state index contributed by atoms with van der Waals surface area (Å²) >= 11 is 0. The highest BCUT2D eigenvalue weighted by Gasteiger charge is 2.36. The van der Waals surface area contributed by atoms with Gasteiger partial charge in [0.2, 0.25) is 5.91 Å². The molecule has 1 atom stereocenters. The van der Waals surface area contributed by atoms with E-state index >= 15 is 0 Å². The maximum atomic E-state index is 12.3. The third-order valence-corrected chi connectivity index (χ3v) is 5.21. The van der Waals surface area contributed by atoms with Crippen molar-refractivity contribution in [3.8, 4) is 0 Å². The molecule has 1 saturated heterocycles. The Labute approximate surface area is 118 Å². The second kappa shape index (κ2) is 7.88. The molecular weight excluding hydrogens is 236 g/mol. The predicted octanol–water partition coefficient (Wildman–Crippen LogP) is 3.18. The molecule has 3 nitrogen and oxygen atoms in total. The summed E-state index contributed by atoms with van der Waals surface area (Å²) in [6.07, 6.45) is 7.48. The van der Waals surface area contributed by atoms with Gasteiger partial charge in [-0.15, -0.1) is 0 Å². The van der Waals surface area contributed by atoms with Crippen LogP contribution in [0.3, 0.4) is 0 Å². The summed E-state index contributed by atoms with van der Waals surface area (Å²) < 4.78 is 0. The summed E-state index contributed by atoms with van der Waals surface area (Å²) in [5, 5.41) is 0. The van der Waals surface area contributed by atoms with E-state index in [4.69, 9.17) is 5.73 Å². The van der Waals surface area contributed by atoms with Gasteiger partial charge in [0.15, 0.2) is 0 Å². The Morgan fingerprint density at radius 2 is 1.95 bits per heavy atom. The molecule has 0 bridgehead atoms. The van der Waals surface area contributed by atoms with Gasteiger partial charge in [0.05, 0.1) is 0 Å². The molecule has 1 heterocycles. The van der Waals surface area contributed by atoms with Crippen LogP contribution in [0.5, 0.6) is 0 Å². The van der Waals surface area contributed by atoms with Gasteiger partial charge in [-0.1, -0.05) is 27.2 Å². The van der Waals surface area contributed by atoms with Crippen LogP contribution < -0.4 is 5.73 Å². The fourth-order valence-electron chi connectivity index (χ4n) is 3.25. The van der Waals surface area contributed by atoms with Crippen molar-refractivity contribution in [2.45, 2.75) is 65.7 Å². The minimum absolute atomic E-state index is 0.360. The van der Waals surface area contributed by atoms with E-state index in [1.165, 1.54) is 19.3 Å². The summed E-state index contributed by atoms with van der Waals surface area (Å²) in [5.41, 5.74) is 6.01. The molecule has 3 heteroatoms. The monoisotopic (exact) mass is 268 g/mol. The second-order valence-electron chi connectivity index (χ2n) is 6.16. The van der Waals surface area contributed by atoms with Crippen LogP contribution >= 0.6 is 0 Å². The zero-order valence-corrected chi connectivity index (χ0v) is 13.1. The van der Waals surface area contributed by atoms with Gasteiger partial charge in [0.1, 0.15) is 0 Å². The van der Waals surface area contributed by atoms with Crippen LogP contribution in [0.15, 0.2) is 0 Å². The summed E-state index contributed by atoms with van der Waals surface area (Å²) in [6, 6.07) is 0. The van der Waals surface area contributed by atoms with Crippen molar-refractivity contribution in [1.29, 1.82) is 0 Å². The normalized spacial score (nSPS) is 19.7. The molecule has 0 spiro atoms. The minimum atomic E-state index is 0.360. The highest BCUT2D eigenvalue weighted by Crippen LogP contribution is 2.37. The molecule has 0 aromatic heterocycles. The largest absolute Gasteiger partial charge is 0.342 e. The first kappa shape index (κ1) is 16.5. The quantitative estimate of drug-likeness (QED) is 0.735. The van der Waals surface area contributed by atoms with Crippen molar-refractivity contribution >= 4 is 5.91 Å². The fraction of sp³-hybridized carbons (Fsp3) is 0.938. The SMILES string of the molecule is CCC(CCN)CCC(=O)N1CCC(CC)(CC)C1. The third-order valence-electron chi connectivity index (χ3n) is 5.21. The molecule has 2 N–H and O–H groups in total. The van der Waals surface area contributed by atoms with Crippen molar-refractivity contribution in [3.05, 3.63) is 0 Å². The van der Waals surface area contributed by atoms with Gasteiger partial charge in [0.25, 0.3) is 0 Å². The molecule has 112 valence electrons. The zero-order chi connectivity index (χ0) is 14.3. The van der Waals surface area contributed by atoms with Crippen molar-refractivity contribution in [2.24, 2.45) is 17.1 Å². The lowest BCUT2D eigenvalue weighted by Gasteiger charge is -2.26. The van der Waals surface area contributed by atoms with Crippen LogP contribution in [0.25, 0.3) is 0 Å². The van der Waals surface area contributed by atoms with Gasteiger partial charge in [0, 0.05) is 19.5 Å². The topological polar surface area (TPSA) is 46.3 Å². The zero-order valence-electron chi connectivity index (χ0n) is 13.1. The number of amides is 1. The number of nitrogens with zero attached hydrogens (tertiary/aromatic N) is 1. The van der Waals surface area contributed by atoms with E-state index in [1.54, 1.807) is 0 Å². The first-order valence-corrected chi connectivity index (χ1v) is 8.08. The van der Waals surface area contributed by atoms with E-state index in [2.05, 4.69) is 25.7 Å². The molecule has 1 fully saturated rings. The van der Waals surface area contributed by atoms with Crippen LogP contribution in [0.4, 0.5) is 0 Å². The van der Waals surface area contributed by atoms with Gasteiger partial charge in [-0.3, -0.25) is 4.79 Å². The number of rotatable bonds is 8. The van der Waals surface area contributed by atoms with Crippen molar-refractivity contribution in [1.82, 2.24) is 4.90 Å². The molecule has 1 aliphatic heterocycles. The van der Waals surface area contributed by atoms with Crippen LogP contribution in [0, 0.1) is 11.3 Å². The maximum Gasteiger partial charge on any atom is 0.222 e. The first-order valence-electron chi connectivity index (χ1n) is 8.08. The van der Waals surface area contributed by atoms with Crippen LogP contribution in [-0.4, -0.2) is 30.4 Å². The van der Waals surface area contributed by atoms with Gasteiger partial charge in [-0.25, -0.2) is 0 Å². The lowest BCUT2D eigenvalue weighted by molar-refractivity contribution is -0.130. The molecular formula is C16H32N2O. The lowest BCUT2D eigenvalue weighted by atomic mass is 9.82. The van der Waals surface area contributed by atoms with E-state index in [0.717, 1.165) is 38.9 Å². The standard InChI is InChI=1S/C16H32N2O/c1-4-14(9-11-17)7-8-15(19)18-12-10-16(5-2,6-3)13-18/h14H,4-13,17H2,1-3H3. The molecule has 1 rings (SSSR count). The van der Waals surface area contributed by atoms with E-state index in [-0.39, 0.29) is 0 Å². The third kappa shape index (κ3) is 4.48. The Hall–Kier alpha value is -0.570. The lowest BCUT2D eigenvalue weighted by Crippen LogP contribution is -2.32. The number of hydrogen-bond acceptors (Lipinski definition) is 2. The molecule has 0 radical (unpaired) electrons. The molecule has 0 aromatic rings. The molecule has 1 unspecified atom stereocenters. The predicted molar refractivity (Wildman–Crippen MR) is 80.9 cm³/mol. The van der Waals surface area contributed by atoms with Crippen molar-refractivity contribution in [2.75, 3.05) is 19.6 Å². The fourth-order valence-corrected chi connectivity index (χ4v) is 3.25. The summed E-state index contributed by atoms with van der Waals surface area (Å²) in [7, 11) is 0. The van der Waals surface area contributed by atoms with E-state index < -0.39 is 0 Å². The maximum absolute atomic E-state index is 12.3. The highest BCUT2D eigenvalue weighted by atomic mass is 16.2. The summed E-state index contributed by atoms with van der Waals surface area (Å²) in [5.74, 6) is 0.984. The molecule has 19 heavy (non-hydrogen) atoms. The van der Waals surface area contributed by atoms with E-state index in [0.29, 0.717) is 23.7 Å². The van der Waals surface area contributed by atoms with Crippen molar-refractivity contribution < 1.29 is 4.79 Å². The Bertz CT molecular complexity index is 274. The molecule has 0 saturated carbocycles. The van der Waals surface area contributed by atoms with Crippen molar-refractivity contribution in [3.63, 3.8) is 0 Å². The summed E-state index contributed by atoms with van der Waals surface area (Å²) in [6.45, 7) is 9.39. The smallest absolute Gasteiger partial charge is 0.222 e. The van der Waals surface area contributed by atoms with Gasteiger partial charge >= 0.3 is 0 Å². The Balaban J connectivity index is 2.39. The summed E-state index contributed by atoms with van der Waals surface area (Å²) in [4.78, 5) is 14.4. The number of hydrogen-bond donors (Lipinski definition) is 1. The number of carbonyl (C=O) groups is 1. The Kier molecular flexibility index (Phi) is 6.84. The Morgan fingerprint density at radius 1 is 1.26 bits per heavy atom. The Morgan fingerprint density at radius 3 is 2.42 bits per heavy atom. The number of carbonyl (C=O) groups excluding carboxylic acids is 1. The molecule has 1 aliphatic rings. The van der Waals surface area contributed by atoms with Crippen LogP contribution in [0.2, 0.25) is 0 Å². The second-order valence-corrected chi connectivity index (χ2v) is 6.16. The molecule has 1 amide bonds. The average Bonchev–Trinajstić information content (AvgIpc) is 2.88. The first-order chi connectivity index (χ1) is 9.10. The highest BCUT2D eigenvalue weighted by molar-refractivity contribution is 5.76. The number of likely N-dealkylation sites (tertiary alicyclic amines) is 1. The molecule has 0 aliphatic carbocycles. The van der Waals surface area contributed by atoms with E-state index in [1.807, 2.05) is 0 Å². The van der Waals surface area contributed by atoms with Crippen LogP contribution in [-0.2, 0) is 4.79 Å². The molecule has 0 aromatic carbocycles. The van der Waals surface area contributed by atoms with Crippen LogP contribution in [0.1, 0.15) is 65.7 Å². The van der Waals surface area contributed by atoms with Gasteiger partial charge < -0.3 is 10.6 Å². The van der Waals surface area contributed by atoms with Gasteiger partial charge in [-0.2, -0.15) is 0 Å². The van der Waals surface area contributed by atoms with Gasteiger partial charge in [-0.05, 0) is 50.0 Å². The average molecular weight is 268 g/mol.